The molecule has 0 radical (unpaired) electrons. The first-order chi connectivity index (χ1) is 13.2. The van der Waals surface area contributed by atoms with E-state index in [0.717, 1.165) is 57.0 Å². The van der Waals surface area contributed by atoms with Crippen LogP contribution in [0.3, 0.4) is 0 Å². The van der Waals surface area contributed by atoms with Crippen molar-refractivity contribution < 1.29 is 4.74 Å². The Balaban J connectivity index is 1.39. The number of hydrogen-bond acceptors (Lipinski definition) is 6. The predicted molar refractivity (Wildman–Crippen MR) is 106 cm³/mol. The third kappa shape index (κ3) is 4.24. The van der Waals surface area contributed by atoms with E-state index in [9.17, 15) is 0 Å². The number of anilines is 2. The highest BCUT2D eigenvalue weighted by Crippen LogP contribution is 2.27. The molecule has 2 aromatic rings. The molecule has 7 nitrogen and oxygen atoms in total. The van der Waals surface area contributed by atoms with Gasteiger partial charge in [0.25, 0.3) is 0 Å². The highest BCUT2D eigenvalue weighted by Gasteiger charge is 2.29. The molecule has 0 amide bonds. The molecule has 2 aliphatic heterocycles. The van der Waals surface area contributed by atoms with E-state index in [0.29, 0.717) is 18.0 Å². The van der Waals surface area contributed by atoms with Crippen LogP contribution in [-0.2, 0) is 4.74 Å². The second-order valence-corrected chi connectivity index (χ2v) is 7.94. The molecular formula is C20H30N6O. The third-order valence-electron chi connectivity index (χ3n) is 5.70. The van der Waals surface area contributed by atoms with Crippen molar-refractivity contribution in [2.24, 2.45) is 5.92 Å². The van der Waals surface area contributed by atoms with Gasteiger partial charge in [-0.1, -0.05) is 13.8 Å². The maximum atomic E-state index is 5.99. The molecule has 2 fully saturated rings. The Bertz CT molecular complexity index is 711. The van der Waals surface area contributed by atoms with Crippen molar-refractivity contribution in [1.29, 1.82) is 0 Å². The minimum absolute atomic E-state index is 0.238. The van der Waals surface area contributed by atoms with Gasteiger partial charge in [0.05, 0.1) is 18.2 Å². The number of nitrogens with zero attached hydrogens (tertiary/aromatic N) is 5. The van der Waals surface area contributed by atoms with Gasteiger partial charge in [-0.05, 0) is 37.7 Å². The van der Waals surface area contributed by atoms with Crippen LogP contribution in [0.2, 0.25) is 0 Å². The summed E-state index contributed by atoms with van der Waals surface area (Å²) >= 11 is 0. The van der Waals surface area contributed by atoms with Gasteiger partial charge in [-0.3, -0.25) is 4.68 Å². The van der Waals surface area contributed by atoms with E-state index in [1.54, 1.807) is 6.33 Å². The fraction of sp³-hybridized carbons (Fsp3) is 0.650. The van der Waals surface area contributed by atoms with Crippen LogP contribution in [0.15, 0.2) is 30.9 Å². The normalized spacial score (nSPS) is 24.3. The average molecular weight is 371 g/mol. The second-order valence-electron chi connectivity index (χ2n) is 7.94. The molecular weight excluding hydrogens is 340 g/mol. The van der Waals surface area contributed by atoms with Crippen LogP contribution in [0.4, 0.5) is 11.6 Å². The smallest absolute Gasteiger partial charge is 0.134 e. The summed E-state index contributed by atoms with van der Waals surface area (Å²) in [7, 11) is 0. The molecule has 2 aromatic heterocycles. The first-order valence-corrected chi connectivity index (χ1v) is 10.1. The quantitative estimate of drug-likeness (QED) is 0.872. The standard InChI is InChI=1S/C20H30N6O/c1-15(2)20-17(5-3-12-27-20)24-18-13-19(22-14-21-18)25-10-6-16(7-11-25)26-9-4-8-23-26/h4,8-9,13-17,20H,3,5-7,10-12H2,1-2H3,(H,21,22,24)/t17-,20+/m0/s1. The zero-order valence-corrected chi connectivity index (χ0v) is 16.3. The third-order valence-corrected chi connectivity index (χ3v) is 5.70. The molecule has 0 aromatic carbocycles. The predicted octanol–water partition coefficient (Wildman–Crippen LogP) is 3.13. The molecule has 2 saturated heterocycles. The largest absolute Gasteiger partial charge is 0.376 e. The minimum Gasteiger partial charge on any atom is -0.376 e. The molecule has 27 heavy (non-hydrogen) atoms. The maximum Gasteiger partial charge on any atom is 0.134 e. The first-order valence-electron chi connectivity index (χ1n) is 10.1. The van der Waals surface area contributed by atoms with E-state index < -0.39 is 0 Å². The van der Waals surface area contributed by atoms with Gasteiger partial charge in [0.2, 0.25) is 0 Å². The highest BCUT2D eigenvalue weighted by molar-refractivity contribution is 5.49. The lowest BCUT2D eigenvalue weighted by Gasteiger charge is -2.35. The summed E-state index contributed by atoms with van der Waals surface area (Å²) in [5.74, 6) is 2.39. The van der Waals surface area contributed by atoms with Crippen molar-refractivity contribution in [3.05, 3.63) is 30.9 Å². The second kappa shape index (κ2) is 8.25. The zero-order chi connectivity index (χ0) is 18.6. The Kier molecular flexibility index (Phi) is 5.57. The molecule has 1 N–H and O–H groups in total. The van der Waals surface area contributed by atoms with E-state index in [1.165, 1.54) is 0 Å². The van der Waals surface area contributed by atoms with E-state index in [2.05, 4.69) is 56.1 Å². The number of nitrogens with one attached hydrogen (secondary N) is 1. The number of hydrogen-bond donors (Lipinski definition) is 1. The summed E-state index contributed by atoms with van der Waals surface area (Å²) < 4.78 is 8.08. The van der Waals surface area contributed by atoms with Crippen LogP contribution in [0.25, 0.3) is 0 Å². The molecule has 0 aliphatic carbocycles. The Morgan fingerprint density at radius 3 is 2.78 bits per heavy atom. The van der Waals surface area contributed by atoms with Crippen molar-refractivity contribution in [3.63, 3.8) is 0 Å². The zero-order valence-electron chi connectivity index (χ0n) is 16.3. The molecule has 2 atom stereocenters. The number of ether oxygens (including phenoxy) is 1. The molecule has 146 valence electrons. The molecule has 2 aliphatic rings. The summed E-state index contributed by atoms with van der Waals surface area (Å²) in [6.07, 6.45) is 10.2. The Hall–Kier alpha value is -2.15. The molecule has 0 spiro atoms. The maximum absolute atomic E-state index is 5.99. The lowest BCUT2D eigenvalue weighted by atomic mass is 9.93. The van der Waals surface area contributed by atoms with Crippen molar-refractivity contribution in [2.75, 3.05) is 29.9 Å². The summed E-state index contributed by atoms with van der Waals surface area (Å²) in [5.41, 5.74) is 0. The Morgan fingerprint density at radius 2 is 2.04 bits per heavy atom. The van der Waals surface area contributed by atoms with E-state index >= 15 is 0 Å². The topological polar surface area (TPSA) is 68.1 Å². The Morgan fingerprint density at radius 1 is 1.19 bits per heavy atom. The van der Waals surface area contributed by atoms with E-state index in [1.807, 2.05) is 12.3 Å². The summed E-state index contributed by atoms with van der Waals surface area (Å²) in [6, 6.07) is 4.88. The molecule has 0 saturated carbocycles. The molecule has 7 heteroatoms. The van der Waals surface area contributed by atoms with E-state index in [4.69, 9.17) is 4.74 Å². The molecule has 0 unspecified atom stereocenters. The van der Waals surface area contributed by atoms with Gasteiger partial charge in [-0.2, -0.15) is 5.10 Å². The minimum atomic E-state index is 0.238. The van der Waals surface area contributed by atoms with Crippen molar-refractivity contribution in [3.8, 4) is 0 Å². The summed E-state index contributed by atoms with van der Waals surface area (Å²) in [5, 5.41) is 7.99. The van der Waals surface area contributed by atoms with Crippen LogP contribution in [0.1, 0.15) is 45.6 Å². The lowest BCUT2D eigenvalue weighted by Crippen LogP contribution is -2.43. The average Bonchev–Trinajstić information content (AvgIpc) is 3.23. The number of rotatable bonds is 5. The summed E-state index contributed by atoms with van der Waals surface area (Å²) in [4.78, 5) is 11.3. The fourth-order valence-corrected chi connectivity index (χ4v) is 4.26. The van der Waals surface area contributed by atoms with Crippen LogP contribution in [0, 0.1) is 5.92 Å². The van der Waals surface area contributed by atoms with Crippen LogP contribution in [-0.4, -0.2) is 51.6 Å². The van der Waals surface area contributed by atoms with Gasteiger partial charge < -0.3 is 15.0 Å². The van der Waals surface area contributed by atoms with Crippen LogP contribution >= 0.6 is 0 Å². The van der Waals surface area contributed by atoms with Gasteiger partial charge in [-0.25, -0.2) is 9.97 Å². The van der Waals surface area contributed by atoms with Gasteiger partial charge in [0, 0.05) is 38.2 Å². The van der Waals surface area contributed by atoms with Crippen molar-refractivity contribution in [1.82, 2.24) is 19.7 Å². The first kappa shape index (κ1) is 18.2. The number of aromatic nitrogens is 4. The number of piperidine rings is 1. The van der Waals surface area contributed by atoms with Gasteiger partial charge in [-0.15, -0.1) is 0 Å². The van der Waals surface area contributed by atoms with Gasteiger partial charge >= 0.3 is 0 Å². The lowest BCUT2D eigenvalue weighted by molar-refractivity contribution is -0.0203. The monoisotopic (exact) mass is 370 g/mol. The van der Waals surface area contributed by atoms with Crippen molar-refractivity contribution >= 4 is 11.6 Å². The van der Waals surface area contributed by atoms with Crippen molar-refractivity contribution in [2.45, 2.75) is 57.7 Å². The van der Waals surface area contributed by atoms with Gasteiger partial charge in [0.15, 0.2) is 0 Å². The van der Waals surface area contributed by atoms with Crippen LogP contribution < -0.4 is 10.2 Å². The SMILES string of the molecule is CC(C)[C@H]1OCCC[C@@H]1Nc1cc(N2CCC(n3cccn3)CC2)ncn1. The molecule has 4 heterocycles. The summed E-state index contributed by atoms with van der Waals surface area (Å²) in [6.45, 7) is 7.28. The molecule has 4 rings (SSSR count). The Labute approximate surface area is 161 Å². The molecule has 0 bridgehead atoms. The highest BCUT2D eigenvalue weighted by atomic mass is 16.5. The van der Waals surface area contributed by atoms with E-state index in [-0.39, 0.29) is 6.10 Å². The van der Waals surface area contributed by atoms with Gasteiger partial charge in [0.1, 0.15) is 18.0 Å². The fourth-order valence-electron chi connectivity index (χ4n) is 4.26. The van der Waals surface area contributed by atoms with Crippen LogP contribution in [0.5, 0.6) is 0 Å².